The van der Waals surface area contributed by atoms with E-state index in [1.54, 1.807) is 0 Å². The number of hydrogen-bond acceptors (Lipinski definition) is 1. The first kappa shape index (κ1) is 35.2. The summed E-state index contributed by atoms with van der Waals surface area (Å²) in [5.41, 5.74) is 16.1. The maximum absolute atomic E-state index is 2.49. The summed E-state index contributed by atoms with van der Waals surface area (Å²) in [5.74, 6) is 0. The second-order valence-electron chi connectivity index (χ2n) is 16.3. The van der Waals surface area contributed by atoms with Gasteiger partial charge in [0.25, 0.3) is 0 Å². The Hall–Kier alpha value is -7.74. The van der Waals surface area contributed by atoms with E-state index in [4.69, 9.17) is 0 Å². The smallest absolute Gasteiger partial charge is 0.0540 e. The second kappa shape index (κ2) is 14.5. The van der Waals surface area contributed by atoms with Crippen molar-refractivity contribution in [3.8, 4) is 44.5 Å². The molecule has 0 N–H and O–H groups in total. The molecule has 286 valence electrons. The molecule has 1 aliphatic carbocycles. The first-order valence-corrected chi connectivity index (χ1v) is 21.4. The molecular formula is C60H41N. The van der Waals surface area contributed by atoms with Crippen molar-refractivity contribution < 1.29 is 0 Å². The summed E-state index contributed by atoms with van der Waals surface area (Å²) in [7, 11) is 0. The van der Waals surface area contributed by atoms with Gasteiger partial charge in [0.1, 0.15) is 0 Å². The highest BCUT2D eigenvalue weighted by Crippen LogP contribution is 2.51. The van der Waals surface area contributed by atoms with E-state index in [0.29, 0.717) is 0 Å². The molecule has 11 aromatic rings. The molecule has 12 rings (SSSR count). The van der Waals surface area contributed by atoms with Crippen LogP contribution >= 0.6 is 0 Å². The fourth-order valence-corrected chi connectivity index (χ4v) is 10.2. The SMILES string of the molecule is c1ccc(-c2ccc(N(c3ccc4c(c3)c3ccccc3c3c(-c5ccccc5)cc(-c5ccccc5)c(-c5ccccc5)c43)c3ccc4c5c(cccc35)CC4)cc2)cc1. The molecule has 0 amide bonds. The number of benzene rings is 11. The molecule has 0 unspecified atom stereocenters. The van der Waals surface area contributed by atoms with Crippen molar-refractivity contribution in [3.63, 3.8) is 0 Å². The number of aryl methyl sites for hydroxylation is 2. The highest BCUT2D eigenvalue weighted by atomic mass is 15.1. The van der Waals surface area contributed by atoms with Crippen LogP contribution in [0.25, 0.3) is 87.6 Å². The van der Waals surface area contributed by atoms with Crippen LogP contribution in [0.15, 0.2) is 224 Å². The van der Waals surface area contributed by atoms with Crippen LogP contribution in [-0.2, 0) is 12.8 Å². The quantitative estimate of drug-likeness (QED) is 0.146. The summed E-state index contributed by atoms with van der Waals surface area (Å²) in [6, 6.07) is 83.0. The Bertz CT molecular complexity index is 3420. The first-order chi connectivity index (χ1) is 30.3. The molecule has 0 radical (unpaired) electrons. The maximum atomic E-state index is 2.49. The van der Waals surface area contributed by atoms with Gasteiger partial charge < -0.3 is 4.90 Å². The van der Waals surface area contributed by atoms with Gasteiger partial charge >= 0.3 is 0 Å². The van der Waals surface area contributed by atoms with E-state index in [9.17, 15) is 0 Å². The summed E-state index contributed by atoms with van der Waals surface area (Å²) >= 11 is 0. The zero-order chi connectivity index (χ0) is 40.3. The van der Waals surface area contributed by atoms with Crippen molar-refractivity contribution in [2.45, 2.75) is 12.8 Å². The standard InChI is InChI=1S/C60H41N/c1-5-16-40(17-6-1)41-30-33-47(34-31-41)61(56-37-32-46-29-28-45-24-15-27-52(56)57(45)46)48-35-36-51-55(38-48)49-25-13-14-26-50(49)59-54(43-20-9-3-10-21-43)39-53(42-18-7-2-8-19-42)58(60(51)59)44-22-11-4-12-23-44/h1-27,30-39H,28-29H2. The van der Waals surface area contributed by atoms with Crippen LogP contribution in [0, 0.1) is 0 Å². The molecule has 0 atom stereocenters. The van der Waals surface area contributed by atoms with Gasteiger partial charge in [0.15, 0.2) is 0 Å². The minimum Gasteiger partial charge on any atom is -0.310 e. The number of hydrogen-bond donors (Lipinski definition) is 0. The first-order valence-electron chi connectivity index (χ1n) is 21.4. The van der Waals surface area contributed by atoms with E-state index >= 15 is 0 Å². The minimum absolute atomic E-state index is 1.09. The zero-order valence-corrected chi connectivity index (χ0v) is 33.7. The Morgan fingerprint density at radius 2 is 0.803 bits per heavy atom. The van der Waals surface area contributed by atoms with Crippen LogP contribution in [0.1, 0.15) is 11.1 Å². The lowest BCUT2D eigenvalue weighted by Crippen LogP contribution is -2.11. The second-order valence-corrected chi connectivity index (χ2v) is 16.3. The third-order valence-electron chi connectivity index (χ3n) is 12.9. The zero-order valence-electron chi connectivity index (χ0n) is 33.7. The Morgan fingerprint density at radius 1 is 0.279 bits per heavy atom. The summed E-state index contributed by atoms with van der Waals surface area (Å²) in [5, 5.41) is 10.2. The lowest BCUT2D eigenvalue weighted by atomic mass is 9.81. The number of rotatable bonds is 7. The molecule has 0 aliphatic heterocycles. The third kappa shape index (κ3) is 5.85. The lowest BCUT2D eigenvalue weighted by Gasteiger charge is -2.28. The highest BCUT2D eigenvalue weighted by molar-refractivity contribution is 6.33. The van der Waals surface area contributed by atoms with Gasteiger partial charge in [-0.1, -0.05) is 188 Å². The van der Waals surface area contributed by atoms with E-state index in [1.165, 1.54) is 104 Å². The average Bonchev–Trinajstić information content (AvgIpc) is 3.77. The molecule has 0 saturated carbocycles. The fraction of sp³-hybridized carbons (Fsp3) is 0.0333. The van der Waals surface area contributed by atoms with Crippen molar-refractivity contribution in [3.05, 3.63) is 236 Å². The Balaban J connectivity index is 1.19. The fourth-order valence-electron chi connectivity index (χ4n) is 10.2. The van der Waals surface area contributed by atoms with Gasteiger partial charge in [0.05, 0.1) is 5.69 Å². The highest BCUT2D eigenvalue weighted by Gasteiger charge is 2.24. The van der Waals surface area contributed by atoms with E-state index in [1.807, 2.05) is 0 Å². The van der Waals surface area contributed by atoms with Crippen molar-refractivity contribution in [1.29, 1.82) is 0 Å². The topological polar surface area (TPSA) is 3.24 Å². The number of anilines is 3. The van der Waals surface area contributed by atoms with Crippen LogP contribution in [0.4, 0.5) is 17.1 Å². The van der Waals surface area contributed by atoms with Crippen molar-refractivity contribution in [1.82, 2.24) is 0 Å². The predicted octanol–water partition coefficient (Wildman–Crippen LogP) is 16.5. The van der Waals surface area contributed by atoms with Gasteiger partial charge in [-0.15, -0.1) is 0 Å². The van der Waals surface area contributed by atoms with Crippen LogP contribution in [0.2, 0.25) is 0 Å². The van der Waals surface area contributed by atoms with Crippen molar-refractivity contribution in [2.75, 3.05) is 4.90 Å². The van der Waals surface area contributed by atoms with E-state index in [0.717, 1.165) is 24.2 Å². The summed E-state index contributed by atoms with van der Waals surface area (Å²) < 4.78 is 0. The van der Waals surface area contributed by atoms with E-state index in [2.05, 4.69) is 229 Å². The maximum Gasteiger partial charge on any atom is 0.0540 e. The molecular weight excluding hydrogens is 735 g/mol. The molecule has 0 heterocycles. The number of fused-ring (bicyclic) bond motifs is 6. The molecule has 0 spiro atoms. The molecule has 61 heavy (non-hydrogen) atoms. The van der Waals surface area contributed by atoms with Crippen LogP contribution in [0.3, 0.4) is 0 Å². The Kier molecular flexibility index (Phi) is 8.38. The minimum atomic E-state index is 1.09. The van der Waals surface area contributed by atoms with Gasteiger partial charge in [0, 0.05) is 16.8 Å². The van der Waals surface area contributed by atoms with E-state index in [-0.39, 0.29) is 0 Å². The number of nitrogens with zero attached hydrogens (tertiary/aromatic N) is 1. The van der Waals surface area contributed by atoms with Crippen LogP contribution in [0.5, 0.6) is 0 Å². The largest absolute Gasteiger partial charge is 0.310 e. The lowest BCUT2D eigenvalue weighted by molar-refractivity contribution is 1.02. The van der Waals surface area contributed by atoms with E-state index < -0.39 is 0 Å². The molecule has 0 saturated heterocycles. The summed E-state index contributed by atoms with van der Waals surface area (Å²) in [6.07, 6.45) is 2.19. The van der Waals surface area contributed by atoms with Gasteiger partial charge in [-0.05, 0) is 143 Å². The van der Waals surface area contributed by atoms with Gasteiger partial charge in [-0.2, -0.15) is 0 Å². The van der Waals surface area contributed by atoms with Gasteiger partial charge in [-0.25, -0.2) is 0 Å². The molecule has 1 heteroatoms. The molecule has 0 fully saturated rings. The third-order valence-corrected chi connectivity index (χ3v) is 12.9. The molecule has 0 bridgehead atoms. The van der Waals surface area contributed by atoms with Gasteiger partial charge in [-0.3, -0.25) is 0 Å². The Labute approximate surface area is 356 Å². The van der Waals surface area contributed by atoms with Crippen molar-refractivity contribution in [2.24, 2.45) is 0 Å². The monoisotopic (exact) mass is 775 g/mol. The van der Waals surface area contributed by atoms with Crippen molar-refractivity contribution >= 4 is 60.2 Å². The molecule has 1 aliphatic rings. The summed E-state index contributed by atoms with van der Waals surface area (Å²) in [6.45, 7) is 0. The normalized spacial score (nSPS) is 12.1. The Morgan fingerprint density at radius 3 is 1.49 bits per heavy atom. The molecule has 1 nitrogen and oxygen atoms in total. The summed E-state index contributed by atoms with van der Waals surface area (Å²) in [4.78, 5) is 2.49. The average molecular weight is 776 g/mol. The molecule has 11 aromatic carbocycles. The van der Waals surface area contributed by atoms with Crippen LogP contribution < -0.4 is 4.90 Å². The molecule has 0 aromatic heterocycles. The van der Waals surface area contributed by atoms with Gasteiger partial charge in [0.2, 0.25) is 0 Å². The predicted molar refractivity (Wildman–Crippen MR) is 260 cm³/mol. The van der Waals surface area contributed by atoms with Crippen LogP contribution in [-0.4, -0.2) is 0 Å².